The van der Waals surface area contributed by atoms with Crippen LogP contribution in [0.4, 0.5) is 5.69 Å². The lowest BCUT2D eigenvalue weighted by Gasteiger charge is -2.27. The lowest BCUT2D eigenvalue weighted by atomic mass is 9.93. The Morgan fingerprint density at radius 3 is 2.37 bits per heavy atom. The molecule has 0 aliphatic carbocycles. The van der Waals surface area contributed by atoms with E-state index in [1.807, 2.05) is 64.2 Å². The fourth-order valence-electron chi connectivity index (χ4n) is 3.08. The Labute approximate surface area is 168 Å². The van der Waals surface area contributed by atoms with Crippen LogP contribution in [-0.2, 0) is 11.0 Å². The van der Waals surface area contributed by atoms with Crippen LogP contribution in [0.5, 0.6) is 0 Å². The summed E-state index contributed by atoms with van der Waals surface area (Å²) in [6, 6.07) is 19.9. The van der Waals surface area contributed by atoms with E-state index in [0.717, 1.165) is 27.6 Å². The number of fused-ring (bicyclic) bond motifs is 1. The zero-order valence-corrected chi connectivity index (χ0v) is 17.6. The average Bonchev–Trinajstić information content (AvgIpc) is 2.64. The van der Waals surface area contributed by atoms with Gasteiger partial charge in [-0.15, -0.1) is 0 Å². The van der Waals surface area contributed by atoms with Crippen molar-refractivity contribution >= 4 is 39.0 Å². The molecule has 2 N–H and O–H groups in total. The SMILES string of the molecule is CNc1ccc(Cl)cc1[C@@H](N[S@](=O)C(C)(C)C)c1cccc2ccccc12. The molecule has 2 atom stereocenters. The maximum Gasteiger partial charge on any atom is 0.0979 e. The van der Waals surface area contributed by atoms with E-state index in [1.165, 1.54) is 0 Å². The molecule has 3 aromatic rings. The van der Waals surface area contributed by atoms with Gasteiger partial charge in [0.05, 0.1) is 21.8 Å². The molecule has 0 radical (unpaired) electrons. The molecular formula is C22H25ClN2OS. The first-order chi connectivity index (χ1) is 12.8. The van der Waals surface area contributed by atoms with Crippen molar-refractivity contribution in [2.45, 2.75) is 31.6 Å². The van der Waals surface area contributed by atoms with Crippen LogP contribution in [0.25, 0.3) is 10.8 Å². The molecule has 0 saturated heterocycles. The van der Waals surface area contributed by atoms with Crippen molar-refractivity contribution in [1.82, 2.24) is 4.72 Å². The monoisotopic (exact) mass is 400 g/mol. The van der Waals surface area contributed by atoms with Gasteiger partial charge in [-0.05, 0) is 60.9 Å². The lowest BCUT2D eigenvalue weighted by Crippen LogP contribution is -2.36. The van der Waals surface area contributed by atoms with Gasteiger partial charge in [-0.2, -0.15) is 0 Å². The molecule has 0 aromatic heterocycles. The van der Waals surface area contributed by atoms with Gasteiger partial charge in [0, 0.05) is 17.8 Å². The average molecular weight is 401 g/mol. The van der Waals surface area contributed by atoms with E-state index in [9.17, 15) is 4.21 Å². The van der Waals surface area contributed by atoms with E-state index >= 15 is 0 Å². The van der Waals surface area contributed by atoms with Crippen molar-refractivity contribution in [2.24, 2.45) is 0 Å². The molecule has 27 heavy (non-hydrogen) atoms. The third-order valence-corrected chi connectivity index (χ3v) is 6.31. The summed E-state index contributed by atoms with van der Waals surface area (Å²) in [5, 5.41) is 6.17. The van der Waals surface area contributed by atoms with Gasteiger partial charge in [0.25, 0.3) is 0 Å². The van der Waals surface area contributed by atoms with Crippen LogP contribution >= 0.6 is 11.6 Å². The highest BCUT2D eigenvalue weighted by molar-refractivity contribution is 7.84. The van der Waals surface area contributed by atoms with Gasteiger partial charge in [0.15, 0.2) is 0 Å². The molecule has 0 amide bonds. The van der Waals surface area contributed by atoms with Crippen LogP contribution in [0.1, 0.15) is 37.9 Å². The topological polar surface area (TPSA) is 41.1 Å². The van der Waals surface area contributed by atoms with Crippen LogP contribution in [-0.4, -0.2) is 16.0 Å². The van der Waals surface area contributed by atoms with Crippen LogP contribution in [0.15, 0.2) is 60.7 Å². The molecule has 0 fully saturated rings. The number of hydrogen-bond donors (Lipinski definition) is 2. The molecule has 0 saturated carbocycles. The van der Waals surface area contributed by atoms with Crippen molar-refractivity contribution < 1.29 is 4.21 Å². The summed E-state index contributed by atoms with van der Waals surface area (Å²) in [4.78, 5) is 0. The first kappa shape index (κ1) is 19.9. The largest absolute Gasteiger partial charge is 0.388 e. The van der Waals surface area contributed by atoms with Crippen LogP contribution in [0.2, 0.25) is 5.02 Å². The summed E-state index contributed by atoms with van der Waals surface area (Å²) in [7, 11) is 0.634. The fourth-order valence-corrected chi connectivity index (χ4v) is 4.08. The number of rotatable bonds is 5. The van der Waals surface area contributed by atoms with E-state index in [2.05, 4.69) is 34.3 Å². The quantitative estimate of drug-likeness (QED) is 0.578. The van der Waals surface area contributed by atoms with Crippen molar-refractivity contribution in [3.05, 3.63) is 76.8 Å². The first-order valence-corrected chi connectivity index (χ1v) is 10.5. The summed E-state index contributed by atoms with van der Waals surface area (Å²) in [5.41, 5.74) is 3.00. The molecule has 0 spiro atoms. The van der Waals surface area contributed by atoms with Gasteiger partial charge in [-0.1, -0.05) is 54.1 Å². The standard InChI is InChI=1S/C22H25ClN2OS/c1-22(2,3)27(26)25-21(19-14-16(23)12-13-20(19)24-4)18-11-7-9-15-8-5-6-10-17(15)18/h5-14,21,24-25H,1-4H3/t21-,27+/m0/s1. The van der Waals surface area contributed by atoms with Gasteiger partial charge in [0.2, 0.25) is 0 Å². The molecule has 5 heteroatoms. The van der Waals surface area contributed by atoms with Crippen molar-refractivity contribution in [3.8, 4) is 0 Å². The van der Waals surface area contributed by atoms with Crippen LogP contribution < -0.4 is 10.0 Å². The predicted molar refractivity (Wildman–Crippen MR) is 118 cm³/mol. The molecular weight excluding hydrogens is 376 g/mol. The molecule has 0 heterocycles. The molecule has 0 unspecified atom stereocenters. The van der Waals surface area contributed by atoms with E-state index in [0.29, 0.717) is 5.02 Å². The van der Waals surface area contributed by atoms with Gasteiger partial charge in [-0.3, -0.25) is 0 Å². The van der Waals surface area contributed by atoms with Gasteiger partial charge in [0.1, 0.15) is 0 Å². The number of benzene rings is 3. The smallest absolute Gasteiger partial charge is 0.0979 e. The second kappa shape index (κ2) is 8.01. The van der Waals surface area contributed by atoms with E-state index in [1.54, 1.807) is 0 Å². The highest BCUT2D eigenvalue weighted by atomic mass is 35.5. The van der Waals surface area contributed by atoms with Crippen molar-refractivity contribution in [2.75, 3.05) is 12.4 Å². The minimum absolute atomic E-state index is 0.266. The second-order valence-electron chi connectivity index (χ2n) is 7.48. The van der Waals surface area contributed by atoms with E-state index in [4.69, 9.17) is 11.6 Å². The molecule has 0 bridgehead atoms. The maximum atomic E-state index is 13.0. The van der Waals surface area contributed by atoms with Crippen LogP contribution in [0, 0.1) is 0 Å². The highest BCUT2D eigenvalue weighted by Crippen LogP contribution is 2.35. The minimum atomic E-state index is -1.25. The molecule has 0 aliphatic rings. The third kappa shape index (κ3) is 4.34. The van der Waals surface area contributed by atoms with E-state index < -0.39 is 11.0 Å². The van der Waals surface area contributed by atoms with Crippen molar-refractivity contribution in [3.63, 3.8) is 0 Å². The number of halogens is 1. The predicted octanol–water partition coefficient (Wildman–Crippen LogP) is 5.68. The zero-order chi connectivity index (χ0) is 19.6. The Morgan fingerprint density at radius 1 is 0.963 bits per heavy atom. The Bertz CT molecular complexity index is 976. The number of hydrogen-bond acceptors (Lipinski definition) is 2. The second-order valence-corrected chi connectivity index (χ2v) is 9.92. The van der Waals surface area contributed by atoms with Crippen LogP contribution in [0.3, 0.4) is 0 Å². The molecule has 142 valence electrons. The molecule has 3 aromatic carbocycles. The highest BCUT2D eigenvalue weighted by Gasteiger charge is 2.27. The summed E-state index contributed by atoms with van der Waals surface area (Å²) >= 11 is 6.32. The van der Waals surface area contributed by atoms with Gasteiger partial charge in [-0.25, -0.2) is 8.93 Å². The molecule has 3 rings (SSSR count). The summed E-state index contributed by atoms with van der Waals surface area (Å²) in [6.45, 7) is 5.90. The Hall–Kier alpha value is -1.88. The summed E-state index contributed by atoms with van der Waals surface area (Å²) in [6.07, 6.45) is 0. The van der Waals surface area contributed by atoms with Crippen molar-refractivity contribution in [1.29, 1.82) is 0 Å². The van der Waals surface area contributed by atoms with Gasteiger partial charge < -0.3 is 5.32 Å². The molecule has 0 aliphatic heterocycles. The Kier molecular flexibility index (Phi) is 5.89. The van der Waals surface area contributed by atoms with E-state index in [-0.39, 0.29) is 10.8 Å². The summed E-state index contributed by atoms with van der Waals surface area (Å²) in [5.74, 6) is 0. The number of nitrogens with one attached hydrogen (secondary N) is 2. The zero-order valence-electron chi connectivity index (χ0n) is 16.0. The molecule has 3 nitrogen and oxygen atoms in total. The van der Waals surface area contributed by atoms with Gasteiger partial charge >= 0.3 is 0 Å². The minimum Gasteiger partial charge on any atom is -0.388 e. The third-order valence-electron chi connectivity index (χ3n) is 4.51. The fraction of sp³-hybridized carbons (Fsp3) is 0.273. The number of anilines is 1. The maximum absolute atomic E-state index is 13.0. The lowest BCUT2D eigenvalue weighted by molar-refractivity contribution is 0.624. The normalized spacial score (nSPS) is 14.1. The Balaban J connectivity index is 2.22. The Morgan fingerprint density at radius 2 is 1.67 bits per heavy atom. The summed E-state index contributed by atoms with van der Waals surface area (Å²) < 4.78 is 16.0. The first-order valence-electron chi connectivity index (χ1n) is 8.94.